The molecule has 1 aromatic carbocycles. The van der Waals surface area contributed by atoms with Crippen LogP contribution in [0, 0.1) is 0 Å². The molecule has 0 saturated carbocycles. The van der Waals surface area contributed by atoms with Crippen LogP contribution in [0.3, 0.4) is 0 Å². The van der Waals surface area contributed by atoms with Gasteiger partial charge in [0.15, 0.2) is 17.3 Å². The number of nitrogens with one attached hydrogen (secondary N) is 1. The van der Waals surface area contributed by atoms with Crippen LogP contribution in [0.2, 0.25) is 0 Å². The van der Waals surface area contributed by atoms with Crippen LogP contribution < -0.4 is 20.3 Å². The maximum atomic E-state index is 12.0. The van der Waals surface area contributed by atoms with E-state index in [0.29, 0.717) is 23.0 Å². The Balaban J connectivity index is 1.57. The van der Waals surface area contributed by atoms with E-state index >= 15 is 0 Å². The average Bonchev–Trinajstić information content (AvgIpc) is 3.28. The molecule has 1 amide bonds. The normalized spacial score (nSPS) is 10.8. The van der Waals surface area contributed by atoms with E-state index in [9.17, 15) is 9.59 Å². The first kappa shape index (κ1) is 19.9. The molecular formula is C21H21N3O5. The van der Waals surface area contributed by atoms with Crippen LogP contribution in [0.4, 0.5) is 0 Å². The van der Waals surface area contributed by atoms with Crippen molar-refractivity contribution >= 4 is 12.0 Å². The highest BCUT2D eigenvalue weighted by Crippen LogP contribution is 2.27. The molecule has 0 aliphatic rings. The number of hydrogen-bond acceptors (Lipinski definition) is 6. The molecular weight excluding hydrogens is 374 g/mol. The van der Waals surface area contributed by atoms with E-state index in [-0.39, 0.29) is 24.6 Å². The lowest BCUT2D eigenvalue weighted by Crippen LogP contribution is -2.31. The quantitative estimate of drug-likeness (QED) is 0.588. The summed E-state index contributed by atoms with van der Waals surface area (Å²) in [6.07, 6.45) is 4.62. The molecule has 8 nitrogen and oxygen atoms in total. The van der Waals surface area contributed by atoms with Gasteiger partial charge in [-0.05, 0) is 42.0 Å². The number of carbonyl (C=O) groups excluding carboxylic acids is 1. The number of ether oxygens (including phenoxy) is 2. The maximum absolute atomic E-state index is 12.0. The third-order valence-electron chi connectivity index (χ3n) is 4.10. The summed E-state index contributed by atoms with van der Waals surface area (Å²) in [5.41, 5.74) is 1.09. The fourth-order valence-corrected chi connectivity index (χ4v) is 2.64. The van der Waals surface area contributed by atoms with Crippen molar-refractivity contribution in [1.29, 1.82) is 0 Å². The first-order chi connectivity index (χ1) is 14.1. The molecule has 3 aromatic rings. The van der Waals surface area contributed by atoms with Crippen LogP contribution >= 0.6 is 0 Å². The second kappa shape index (κ2) is 9.41. The van der Waals surface area contributed by atoms with Gasteiger partial charge >= 0.3 is 0 Å². The van der Waals surface area contributed by atoms with E-state index in [4.69, 9.17) is 13.9 Å². The molecule has 0 aliphatic heterocycles. The number of hydrogen-bond donors (Lipinski definition) is 1. The highest BCUT2D eigenvalue weighted by Gasteiger charge is 2.06. The maximum Gasteiger partial charge on any atom is 0.266 e. The van der Waals surface area contributed by atoms with Crippen molar-refractivity contribution in [2.75, 3.05) is 20.8 Å². The summed E-state index contributed by atoms with van der Waals surface area (Å²) in [6, 6.07) is 11.9. The molecule has 1 N–H and O–H groups in total. The lowest BCUT2D eigenvalue weighted by Gasteiger charge is -2.08. The second-order valence-corrected chi connectivity index (χ2v) is 6.00. The van der Waals surface area contributed by atoms with Gasteiger partial charge in [0, 0.05) is 18.7 Å². The Hall–Kier alpha value is -3.81. The van der Waals surface area contributed by atoms with Crippen LogP contribution in [0.5, 0.6) is 11.5 Å². The van der Waals surface area contributed by atoms with Crippen LogP contribution in [-0.4, -0.2) is 36.5 Å². The summed E-state index contributed by atoms with van der Waals surface area (Å²) in [4.78, 5) is 24.0. The Morgan fingerprint density at radius 2 is 2.00 bits per heavy atom. The van der Waals surface area contributed by atoms with Gasteiger partial charge in [-0.15, -0.1) is 0 Å². The molecule has 2 aromatic heterocycles. The van der Waals surface area contributed by atoms with Gasteiger partial charge in [0.1, 0.15) is 5.69 Å². The monoisotopic (exact) mass is 395 g/mol. The zero-order valence-electron chi connectivity index (χ0n) is 16.1. The SMILES string of the molecule is COc1ccc(/C=C/C(=O)NCCn2nc(-c3ccco3)ccc2=O)cc1OC. The van der Waals surface area contributed by atoms with E-state index in [0.717, 1.165) is 5.56 Å². The minimum atomic E-state index is -0.282. The lowest BCUT2D eigenvalue weighted by atomic mass is 10.2. The van der Waals surface area contributed by atoms with Crippen molar-refractivity contribution in [3.8, 4) is 23.0 Å². The zero-order valence-corrected chi connectivity index (χ0v) is 16.1. The van der Waals surface area contributed by atoms with Crippen molar-refractivity contribution in [1.82, 2.24) is 15.1 Å². The highest BCUT2D eigenvalue weighted by molar-refractivity contribution is 5.91. The Bertz CT molecular complexity index is 1050. The number of benzene rings is 1. The van der Waals surface area contributed by atoms with Gasteiger partial charge in [0.25, 0.3) is 5.56 Å². The van der Waals surface area contributed by atoms with Crippen LogP contribution in [-0.2, 0) is 11.3 Å². The largest absolute Gasteiger partial charge is 0.493 e. The van der Waals surface area contributed by atoms with E-state index in [1.54, 1.807) is 50.6 Å². The van der Waals surface area contributed by atoms with Crippen molar-refractivity contribution in [2.24, 2.45) is 0 Å². The Labute approximate surface area is 167 Å². The minimum absolute atomic E-state index is 0.239. The number of nitrogens with zero attached hydrogens (tertiary/aromatic N) is 2. The van der Waals surface area contributed by atoms with E-state index in [1.807, 2.05) is 6.07 Å². The summed E-state index contributed by atoms with van der Waals surface area (Å²) in [5.74, 6) is 1.48. The molecule has 3 rings (SSSR count). The van der Waals surface area contributed by atoms with Crippen molar-refractivity contribution in [3.63, 3.8) is 0 Å². The molecule has 29 heavy (non-hydrogen) atoms. The third-order valence-corrected chi connectivity index (χ3v) is 4.10. The number of aromatic nitrogens is 2. The predicted molar refractivity (Wildman–Crippen MR) is 108 cm³/mol. The molecule has 0 atom stereocenters. The van der Waals surface area contributed by atoms with Gasteiger partial charge in [-0.25, -0.2) is 4.68 Å². The van der Waals surface area contributed by atoms with Crippen molar-refractivity contribution < 1.29 is 18.7 Å². The van der Waals surface area contributed by atoms with Crippen LogP contribution in [0.15, 0.2) is 64.0 Å². The molecule has 2 heterocycles. The molecule has 0 unspecified atom stereocenters. The molecule has 0 spiro atoms. The predicted octanol–water partition coefficient (Wildman–Crippen LogP) is 2.35. The molecule has 0 radical (unpaired) electrons. The highest BCUT2D eigenvalue weighted by atomic mass is 16.5. The van der Waals surface area contributed by atoms with Gasteiger partial charge in [-0.3, -0.25) is 9.59 Å². The van der Waals surface area contributed by atoms with Crippen LogP contribution in [0.1, 0.15) is 5.56 Å². The summed E-state index contributed by atoms with van der Waals surface area (Å²) >= 11 is 0. The van der Waals surface area contributed by atoms with Crippen molar-refractivity contribution in [2.45, 2.75) is 6.54 Å². The lowest BCUT2D eigenvalue weighted by molar-refractivity contribution is -0.116. The molecule has 0 fully saturated rings. The Morgan fingerprint density at radius 3 is 2.72 bits per heavy atom. The number of amides is 1. The zero-order chi connectivity index (χ0) is 20.6. The standard InChI is InChI=1S/C21H21N3O5/c1-27-18-8-5-15(14-19(18)28-2)6-9-20(25)22-11-12-24-21(26)10-7-16(23-24)17-4-3-13-29-17/h3-10,13-14H,11-12H2,1-2H3,(H,22,25)/b9-6+. The van der Waals surface area contributed by atoms with E-state index in [1.165, 1.54) is 23.1 Å². The van der Waals surface area contributed by atoms with Gasteiger partial charge in [-0.2, -0.15) is 5.10 Å². The smallest absolute Gasteiger partial charge is 0.266 e. The van der Waals surface area contributed by atoms with Gasteiger partial charge < -0.3 is 19.2 Å². The molecule has 0 saturated heterocycles. The van der Waals surface area contributed by atoms with Gasteiger partial charge in [-0.1, -0.05) is 6.07 Å². The summed E-state index contributed by atoms with van der Waals surface area (Å²) in [6.45, 7) is 0.493. The van der Waals surface area contributed by atoms with Gasteiger partial charge in [0.2, 0.25) is 5.91 Å². The first-order valence-electron chi connectivity index (χ1n) is 8.90. The minimum Gasteiger partial charge on any atom is -0.493 e. The second-order valence-electron chi connectivity index (χ2n) is 6.00. The first-order valence-corrected chi connectivity index (χ1v) is 8.90. The van der Waals surface area contributed by atoms with E-state index in [2.05, 4.69) is 10.4 Å². The average molecular weight is 395 g/mol. The Kier molecular flexibility index (Phi) is 6.47. The van der Waals surface area contributed by atoms with Crippen molar-refractivity contribution in [3.05, 3.63) is 70.7 Å². The topological polar surface area (TPSA) is 95.6 Å². The summed E-state index contributed by atoms with van der Waals surface area (Å²) < 4.78 is 17.0. The number of carbonyl (C=O) groups is 1. The molecule has 8 heteroatoms. The molecule has 0 aliphatic carbocycles. The Morgan fingerprint density at radius 1 is 1.17 bits per heavy atom. The molecule has 150 valence electrons. The van der Waals surface area contributed by atoms with Crippen LogP contribution in [0.25, 0.3) is 17.5 Å². The fraction of sp³-hybridized carbons (Fsp3) is 0.190. The number of methoxy groups -OCH3 is 2. The summed E-state index contributed by atoms with van der Waals surface area (Å²) in [7, 11) is 3.11. The summed E-state index contributed by atoms with van der Waals surface area (Å²) in [5, 5.41) is 6.99. The number of furan rings is 1. The third kappa shape index (κ3) is 5.13. The number of rotatable bonds is 8. The van der Waals surface area contributed by atoms with Gasteiger partial charge in [0.05, 0.1) is 27.0 Å². The fourth-order valence-electron chi connectivity index (χ4n) is 2.64. The van der Waals surface area contributed by atoms with E-state index < -0.39 is 0 Å². The molecule has 0 bridgehead atoms.